The van der Waals surface area contributed by atoms with Crippen molar-refractivity contribution in [2.75, 3.05) is 19.5 Å². The molecule has 2 aromatic heterocycles. The fraction of sp³-hybridized carbons (Fsp3) is 0.111. The molecule has 0 aliphatic carbocycles. The first-order valence-corrected chi connectivity index (χ1v) is 10.8. The molecule has 1 N–H and O–H groups in total. The number of hydrogen-bond donors (Lipinski definition) is 1. The van der Waals surface area contributed by atoms with E-state index in [1.807, 2.05) is 54.7 Å². The molecule has 4 aromatic rings. The fourth-order valence-corrected chi connectivity index (χ4v) is 3.54. The number of nitriles is 1. The first-order chi connectivity index (χ1) is 17.1. The summed E-state index contributed by atoms with van der Waals surface area (Å²) < 4.78 is 12.3. The van der Waals surface area contributed by atoms with E-state index in [1.54, 1.807) is 35.3 Å². The van der Waals surface area contributed by atoms with Crippen LogP contribution < -0.4 is 14.8 Å². The third-order valence-electron chi connectivity index (χ3n) is 5.22. The number of pyridine rings is 1. The standard InChI is InChI=1S/C27H23N5O3/c1-34-24-11-10-23(14-25(24)35-2)30-27(33)21(15-28)13-22-18-32(17-19-7-4-3-5-8-19)31-26(22)20-9-6-12-29-16-20/h3-14,16,18H,17H2,1-2H3,(H,30,33)/b21-13+. The van der Waals surface area contributed by atoms with Gasteiger partial charge in [0.1, 0.15) is 17.3 Å². The summed E-state index contributed by atoms with van der Waals surface area (Å²) in [5.41, 5.74) is 3.53. The van der Waals surface area contributed by atoms with Crippen molar-refractivity contribution in [2.24, 2.45) is 0 Å². The van der Waals surface area contributed by atoms with Gasteiger partial charge < -0.3 is 14.8 Å². The molecule has 0 atom stereocenters. The van der Waals surface area contributed by atoms with Crippen molar-refractivity contribution in [1.82, 2.24) is 14.8 Å². The number of amides is 1. The molecule has 0 fully saturated rings. The van der Waals surface area contributed by atoms with Gasteiger partial charge in [-0.25, -0.2) is 0 Å². The van der Waals surface area contributed by atoms with E-state index in [2.05, 4.69) is 10.3 Å². The SMILES string of the molecule is COc1ccc(NC(=O)/C(C#N)=C/c2cn(Cc3ccccc3)nc2-c2cccnc2)cc1OC. The first-order valence-electron chi connectivity index (χ1n) is 10.8. The number of aromatic nitrogens is 3. The van der Waals surface area contributed by atoms with E-state index in [-0.39, 0.29) is 5.57 Å². The molecule has 2 aromatic carbocycles. The lowest BCUT2D eigenvalue weighted by Crippen LogP contribution is -2.13. The van der Waals surface area contributed by atoms with E-state index < -0.39 is 5.91 Å². The van der Waals surface area contributed by atoms with Crippen LogP contribution in [0.15, 0.2) is 84.8 Å². The normalized spacial score (nSPS) is 10.9. The van der Waals surface area contributed by atoms with Crippen molar-refractivity contribution in [2.45, 2.75) is 6.54 Å². The van der Waals surface area contributed by atoms with E-state index in [0.29, 0.717) is 35.0 Å². The Labute approximate surface area is 203 Å². The van der Waals surface area contributed by atoms with Crippen molar-refractivity contribution >= 4 is 17.7 Å². The smallest absolute Gasteiger partial charge is 0.266 e. The Kier molecular flexibility index (Phi) is 7.19. The van der Waals surface area contributed by atoms with Gasteiger partial charge in [-0.2, -0.15) is 10.4 Å². The maximum absolute atomic E-state index is 12.9. The van der Waals surface area contributed by atoms with Crippen molar-refractivity contribution in [3.63, 3.8) is 0 Å². The monoisotopic (exact) mass is 465 g/mol. The van der Waals surface area contributed by atoms with E-state index in [9.17, 15) is 10.1 Å². The highest BCUT2D eigenvalue weighted by atomic mass is 16.5. The largest absolute Gasteiger partial charge is 0.493 e. The van der Waals surface area contributed by atoms with Gasteiger partial charge in [0.2, 0.25) is 0 Å². The number of methoxy groups -OCH3 is 2. The Morgan fingerprint density at radius 3 is 2.57 bits per heavy atom. The third-order valence-corrected chi connectivity index (χ3v) is 5.22. The van der Waals surface area contributed by atoms with Gasteiger partial charge in [0.05, 0.1) is 20.8 Å². The number of carbonyl (C=O) groups is 1. The zero-order valence-electron chi connectivity index (χ0n) is 19.3. The summed E-state index contributed by atoms with van der Waals surface area (Å²) in [6, 6.07) is 20.6. The summed E-state index contributed by atoms with van der Waals surface area (Å²) in [7, 11) is 3.04. The quantitative estimate of drug-likeness (QED) is 0.302. The minimum Gasteiger partial charge on any atom is -0.493 e. The summed E-state index contributed by atoms with van der Waals surface area (Å²) in [6.45, 7) is 0.543. The van der Waals surface area contributed by atoms with Crippen LogP contribution in [0.3, 0.4) is 0 Å². The van der Waals surface area contributed by atoms with Crippen molar-refractivity contribution in [3.05, 3.63) is 96.0 Å². The second-order valence-electron chi connectivity index (χ2n) is 7.55. The van der Waals surface area contributed by atoms with Crippen LogP contribution in [0.4, 0.5) is 5.69 Å². The number of rotatable bonds is 8. The van der Waals surface area contributed by atoms with Gasteiger partial charge in [0.15, 0.2) is 11.5 Å². The van der Waals surface area contributed by atoms with E-state index in [0.717, 1.165) is 11.1 Å². The number of nitrogens with one attached hydrogen (secondary N) is 1. The molecule has 0 saturated heterocycles. The Morgan fingerprint density at radius 2 is 1.89 bits per heavy atom. The number of benzene rings is 2. The number of carbonyl (C=O) groups excluding carboxylic acids is 1. The second kappa shape index (κ2) is 10.8. The average molecular weight is 466 g/mol. The summed E-state index contributed by atoms with van der Waals surface area (Å²) >= 11 is 0. The lowest BCUT2D eigenvalue weighted by Gasteiger charge is -2.10. The highest BCUT2D eigenvalue weighted by Crippen LogP contribution is 2.30. The Morgan fingerprint density at radius 1 is 1.09 bits per heavy atom. The predicted octanol–water partition coefficient (Wildman–Crippen LogP) is 4.56. The Balaban J connectivity index is 1.66. The zero-order chi connectivity index (χ0) is 24.6. The molecule has 8 nitrogen and oxygen atoms in total. The summed E-state index contributed by atoms with van der Waals surface area (Å²) in [6.07, 6.45) is 6.73. The van der Waals surface area contributed by atoms with Crippen LogP contribution in [0.5, 0.6) is 11.5 Å². The van der Waals surface area contributed by atoms with Crippen LogP contribution in [0.2, 0.25) is 0 Å². The molecule has 174 valence electrons. The molecule has 0 bridgehead atoms. The molecule has 8 heteroatoms. The molecule has 35 heavy (non-hydrogen) atoms. The van der Waals surface area contributed by atoms with Gasteiger partial charge >= 0.3 is 0 Å². The summed E-state index contributed by atoms with van der Waals surface area (Å²) in [5.74, 6) is 0.454. The molecule has 4 rings (SSSR count). The van der Waals surface area contributed by atoms with Crippen molar-refractivity contribution in [3.8, 4) is 28.8 Å². The zero-order valence-corrected chi connectivity index (χ0v) is 19.3. The van der Waals surface area contributed by atoms with Gasteiger partial charge in [-0.3, -0.25) is 14.5 Å². The highest BCUT2D eigenvalue weighted by molar-refractivity contribution is 6.10. The van der Waals surface area contributed by atoms with Gasteiger partial charge in [0.25, 0.3) is 5.91 Å². The minimum atomic E-state index is -0.548. The molecule has 0 saturated carbocycles. The van der Waals surface area contributed by atoms with E-state index >= 15 is 0 Å². The lowest BCUT2D eigenvalue weighted by molar-refractivity contribution is -0.112. The number of nitrogens with zero attached hydrogens (tertiary/aromatic N) is 4. The maximum Gasteiger partial charge on any atom is 0.266 e. The van der Waals surface area contributed by atoms with Gasteiger partial charge in [0, 0.05) is 41.5 Å². The number of hydrogen-bond acceptors (Lipinski definition) is 6. The Bertz CT molecular complexity index is 1390. The van der Waals surface area contributed by atoms with Gasteiger partial charge in [-0.1, -0.05) is 30.3 Å². The molecule has 0 aliphatic heterocycles. The minimum absolute atomic E-state index is 0.0656. The predicted molar refractivity (Wildman–Crippen MR) is 133 cm³/mol. The van der Waals surface area contributed by atoms with Crippen LogP contribution in [0, 0.1) is 11.3 Å². The average Bonchev–Trinajstić information content (AvgIpc) is 3.30. The van der Waals surface area contributed by atoms with E-state index in [4.69, 9.17) is 14.6 Å². The van der Waals surface area contributed by atoms with Crippen LogP contribution in [-0.4, -0.2) is 34.9 Å². The number of ether oxygens (including phenoxy) is 2. The first kappa shape index (κ1) is 23.3. The maximum atomic E-state index is 12.9. The Hall–Kier alpha value is -4.90. The molecule has 0 radical (unpaired) electrons. The van der Waals surface area contributed by atoms with Gasteiger partial charge in [-0.05, 0) is 35.9 Å². The van der Waals surface area contributed by atoms with Gasteiger partial charge in [-0.15, -0.1) is 0 Å². The number of anilines is 1. The second-order valence-corrected chi connectivity index (χ2v) is 7.55. The summed E-state index contributed by atoms with van der Waals surface area (Å²) in [5, 5.41) is 17.2. The van der Waals surface area contributed by atoms with Crippen LogP contribution in [0.1, 0.15) is 11.1 Å². The topological polar surface area (TPSA) is 102 Å². The highest BCUT2D eigenvalue weighted by Gasteiger charge is 2.16. The molecule has 2 heterocycles. The van der Waals surface area contributed by atoms with Crippen LogP contribution in [-0.2, 0) is 11.3 Å². The van der Waals surface area contributed by atoms with Crippen molar-refractivity contribution < 1.29 is 14.3 Å². The van der Waals surface area contributed by atoms with Crippen LogP contribution >= 0.6 is 0 Å². The molecule has 0 spiro atoms. The summed E-state index contributed by atoms with van der Waals surface area (Å²) in [4.78, 5) is 17.1. The van der Waals surface area contributed by atoms with E-state index in [1.165, 1.54) is 20.3 Å². The molecular formula is C27H23N5O3. The third kappa shape index (κ3) is 5.54. The molecule has 0 aliphatic rings. The molecular weight excluding hydrogens is 442 g/mol. The molecule has 1 amide bonds. The van der Waals surface area contributed by atoms with Crippen LogP contribution in [0.25, 0.3) is 17.3 Å². The fourth-order valence-electron chi connectivity index (χ4n) is 3.54. The van der Waals surface area contributed by atoms with Crippen molar-refractivity contribution in [1.29, 1.82) is 5.26 Å². The lowest BCUT2D eigenvalue weighted by atomic mass is 10.1. The molecule has 0 unspecified atom stereocenters.